The van der Waals surface area contributed by atoms with Gasteiger partial charge < -0.3 is 10.4 Å². The molecule has 2 N–H and O–H groups in total. The number of hydrogen-bond donors (Lipinski definition) is 2. The van der Waals surface area contributed by atoms with Crippen LogP contribution in [0, 0.1) is 11.8 Å². The van der Waals surface area contributed by atoms with Gasteiger partial charge in [-0.15, -0.1) is 11.8 Å². The third-order valence-corrected chi connectivity index (χ3v) is 3.64. The Bertz CT molecular complexity index is 377. The van der Waals surface area contributed by atoms with Gasteiger partial charge in [-0.3, -0.25) is 4.79 Å². The smallest absolute Gasteiger partial charge is 0.306 e. The summed E-state index contributed by atoms with van der Waals surface area (Å²) in [5, 5.41) is 12.0. The van der Waals surface area contributed by atoms with E-state index in [-0.39, 0.29) is 5.92 Å². The van der Waals surface area contributed by atoms with Gasteiger partial charge in [-0.05, 0) is 42.9 Å². The zero-order valence-electron chi connectivity index (χ0n) is 9.14. The Kier molecular flexibility index (Phi) is 3.39. The number of carboxylic acid groups (broad SMARTS) is 1. The van der Waals surface area contributed by atoms with E-state index in [1.807, 2.05) is 18.4 Å². The number of rotatable bonds is 5. The molecule has 0 aromatic heterocycles. The van der Waals surface area contributed by atoms with Crippen LogP contribution in [0.1, 0.15) is 6.42 Å². The highest BCUT2D eigenvalue weighted by atomic mass is 32.2. The molecule has 0 bridgehead atoms. The lowest BCUT2D eigenvalue weighted by molar-refractivity contribution is -0.138. The summed E-state index contributed by atoms with van der Waals surface area (Å²) < 4.78 is 0. The molecule has 86 valence electrons. The summed E-state index contributed by atoms with van der Waals surface area (Å²) in [4.78, 5) is 11.9. The van der Waals surface area contributed by atoms with E-state index in [4.69, 9.17) is 5.11 Å². The molecule has 1 fully saturated rings. The molecule has 1 aliphatic carbocycles. The Morgan fingerprint density at radius 3 is 2.69 bits per heavy atom. The molecule has 2 atom stereocenters. The standard InChI is InChI=1S/C12H15NO2S/c1-16-10-4-2-9(3-5-10)13-7-8-6-11(8)12(14)15/h2-5,8,11,13H,6-7H2,1H3,(H,14,15). The summed E-state index contributed by atoms with van der Waals surface area (Å²) in [5.74, 6) is -0.486. The number of anilines is 1. The van der Waals surface area contributed by atoms with Crippen molar-refractivity contribution in [2.75, 3.05) is 18.1 Å². The summed E-state index contributed by atoms with van der Waals surface area (Å²) in [5.41, 5.74) is 1.06. The zero-order chi connectivity index (χ0) is 11.5. The summed E-state index contributed by atoms with van der Waals surface area (Å²) >= 11 is 1.71. The van der Waals surface area contributed by atoms with Gasteiger partial charge in [0.15, 0.2) is 0 Å². The zero-order valence-corrected chi connectivity index (χ0v) is 9.96. The average Bonchev–Trinajstić information content (AvgIpc) is 3.06. The number of nitrogens with one attached hydrogen (secondary N) is 1. The molecule has 2 rings (SSSR count). The number of aliphatic carboxylic acids is 1. The Labute approximate surface area is 99.2 Å². The average molecular weight is 237 g/mol. The lowest BCUT2D eigenvalue weighted by Crippen LogP contribution is -2.08. The lowest BCUT2D eigenvalue weighted by atomic mass is 10.3. The summed E-state index contributed by atoms with van der Waals surface area (Å²) in [7, 11) is 0. The van der Waals surface area contributed by atoms with Crippen LogP contribution in [0.25, 0.3) is 0 Å². The molecule has 1 aromatic carbocycles. The van der Waals surface area contributed by atoms with Crippen molar-refractivity contribution >= 4 is 23.4 Å². The van der Waals surface area contributed by atoms with Crippen LogP contribution < -0.4 is 5.32 Å². The SMILES string of the molecule is CSc1ccc(NCC2CC2C(=O)O)cc1. The van der Waals surface area contributed by atoms with Gasteiger partial charge in [0.2, 0.25) is 0 Å². The van der Waals surface area contributed by atoms with Gasteiger partial charge in [0.05, 0.1) is 5.92 Å². The first kappa shape index (κ1) is 11.3. The lowest BCUT2D eigenvalue weighted by Gasteiger charge is -2.05. The van der Waals surface area contributed by atoms with Gasteiger partial charge in [-0.2, -0.15) is 0 Å². The Balaban J connectivity index is 1.80. The second-order valence-electron chi connectivity index (χ2n) is 4.05. The molecule has 1 saturated carbocycles. The van der Waals surface area contributed by atoms with Crippen LogP contribution in [-0.4, -0.2) is 23.9 Å². The van der Waals surface area contributed by atoms with Crippen LogP contribution in [0.5, 0.6) is 0 Å². The van der Waals surface area contributed by atoms with Crippen LogP contribution in [0.4, 0.5) is 5.69 Å². The van der Waals surface area contributed by atoms with Crippen molar-refractivity contribution in [2.45, 2.75) is 11.3 Å². The normalized spacial score (nSPS) is 22.8. The highest BCUT2D eigenvalue weighted by Crippen LogP contribution is 2.38. The van der Waals surface area contributed by atoms with Crippen molar-refractivity contribution in [3.63, 3.8) is 0 Å². The Morgan fingerprint density at radius 1 is 1.50 bits per heavy atom. The van der Waals surface area contributed by atoms with Crippen LogP contribution >= 0.6 is 11.8 Å². The third-order valence-electron chi connectivity index (χ3n) is 2.90. The monoisotopic (exact) mass is 237 g/mol. The van der Waals surface area contributed by atoms with E-state index in [1.165, 1.54) is 4.90 Å². The summed E-state index contributed by atoms with van der Waals surface area (Å²) in [6.45, 7) is 0.760. The predicted octanol–water partition coefficient (Wildman–Crippen LogP) is 2.54. The van der Waals surface area contributed by atoms with E-state index in [2.05, 4.69) is 17.4 Å². The van der Waals surface area contributed by atoms with Crippen molar-refractivity contribution in [1.82, 2.24) is 0 Å². The van der Waals surface area contributed by atoms with Crippen LogP contribution in [-0.2, 0) is 4.79 Å². The van der Waals surface area contributed by atoms with E-state index in [0.717, 1.165) is 18.7 Å². The minimum atomic E-state index is -0.662. The van der Waals surface area contributed by atoms with Crippen molar-refractivity contribution in [1.29, 1.82) is 0 Å². The van der Waals surface area contributed by atoms with E-state index in [1.54, 1.807) is 11.8 Å². The second kappa shape index (κ2) is 4.78. The number of hydrogen-bond acceptors (Lipinski definition) is 3. The highest BCUT2D eigenvalue weighted by Gasteiger charge is 2.42. The number of benzene rings is 1. The molecule has 0 spiro atoms. The Morgan fingerprint density at radius 2 is 2.19 bits per heavy atom. The van der Waals surface area contributed by atoms with Crippen molar-refractivity contribution in [2.24, 2.45) is 11.8 Å². The van der Waals surface area contributed by atoms with Crippen LogP contribution in [0.3, 0.4) is 0 Å². The maximum absolute atomic E-state index is 10.6. The van der Waals surface area contributed by atoms with E-state index >= 15 is 0 Å². The molecule has 0 aliphatic heterocycles. The summed E-state index contributed by atoms with van der Waals surface area (Å²) in [6, 6.07) is 8.19. The predicted molar refractivity (Wildman–Crippen MR) is 65.9 cm³/mol. The number of carboxylic acids is 1. The molecule has 16 heavy (non-hydrogen) atoms. The second-order valence-corrected chi connectivity index (χ2v) is 4.93. The maximum Gasteiger partial charge on any atom is 0.306 e. The third kappa shape index (κ3) is 2.70. The first-order valence-corrected chi connectivity index (χ1v) is 6.54. The van der Waals surface area contributed by atoms with Crippen molar-refractivity contribution in [3.05, 3.63) is 24.3 Å². The van der Waals surface area contributed by atoms with Crippen LogP contribution in [0.2, 0.25) is 0 Å². The molecule has 1 aromatic rings. The summed E-state index contributed by atoms with van der Waals surface area (Å²) in [6.07, 6.45) is 2.86. The topological polar surface area (TPSA) is 49.3 Å². The first-order chi connectivity index (χ1) is 7.70. The highest BCUT2D eigenvalue weighted by molar-refractivity contribution is 7.98. The van der Waals surface area contributed by atoms with Crippen molar-refractivity contribution < 1.29 is 9.90 Å². The van der Waals surface area contributed by atoms with Gasteiger partial charge in [0.25, 0.3) is 0 Å². The van der Waals surface area contributed by atoms with Gasteiger partial charge in [-0.25, -0.2) is 0 Å². The molecule has 3 nitrogen and oxygen atoms in total. The van der Waals surface area contributed by atoms with Crippen molar-refractivity contribution in [3.8, 4) is 0 Å². The Hall–Kier alpha value is -1.16. The minimum absolute atomic E-state index is 0.127. The molecule has 0 amide bonds. The van der Waals surface area contributed by atoms with Crippen LogP contribution in [0.15, 0.2) is 29.2 Å². The van der Waals surface area contributed by atoms with Gasteiger partial charge in [0, 0.05) is 17.1 Å². The van der Waals surface area contributed by atoms with E-state index in [9.17, 15) is 4.79 Å². The molecular weight excluding hydrogens is 222 g/mol. The maximum atomic E-state index is 10.6. The fraction of sp³-hybridized carbons (Fsp3) is 0.417. The molecule has 0 heterocycles. The van der Waals surface area contributed by atoms with E-state index < -0.39 is 5.97 Å². The van der Waals surface area contributed by atoms with Gasteiger partial charge in [0.1, 0.15) is 0 Å². The molecule has 4 heteroatoms. The molecular formula is C12H15NO2S. The quantitative estimate of drug-likeness (QED) is 0.773. The fourth-order valence-corrected chi connectivity index (χ4v) is 2.14. The molecule has 0 radical (unpaired) electrons. The van der Waals surface area contributed by atoms with E-state index in [0.29, 0.717) is 5.92 Å². The fourth-order valence-electron chi connectivity index (χ4n) is 1.73. The first-order valence-electron chi connectivity index (χ1n) is 5.31. The number of thioether (sulfide) groups is 1. The minimum Gasteiger partial charge on any atom is -0.481 e. The van der Waals surface area contributed by atoms with Gasteiger partial charge in [-0.1, -0.05) is 0 Å². The van der Waals surface area contributed by atoms with Gasteiger partial charge >= 0.3 is 5.97 Å². The molecule has 0 saturated heterocycles. The number of carbonyl (C=O) groups is 1. The molecule has 2 unspecified atom stereocenters. The molecule has 1 aliphatic rings. The largest absolute Gasteiger partial charge is 0.481 e.